The molecule has 0 aromatic carbocycles. The number of aromatic hydroxyl groups is 2. The summed E-state index contributed by atoms with van der Waals surface area (Å²) in [7, 11) is 2.53. The van der Waals surface area contributed by atoms with Crippen molar-refractivity contribution in [2.75, 3.05) is 14.2 Å². The second-order valence-electron chi connectivity index (χ2n) is 5.85. The average Bonchev–Trinajstić information content (AvgIpc) is 3.30. The normalized spacial score (nSPS) is 10.5. The molecule has 0 amide bonds. The topological polar surface area (TPSA) is 179 Å². The molecule has 0 radical (unpaired) electrons. The molecule has 0 aliphatic carbocycles. The number of hydrogen-bond donors (Lipinski definition) is 2. The van der Waals surface area contributed by atoms with E-state index in [1.807, 2.05) is 0 Å². The monoisotopic (exact) mass is 416 g/mol. The van der Waals surface area contributed by atoms with Crippen LogP contribution >= 0.6 is 0 Å². The summed E-state index contributed by atoms with van der Waals surface area (Å²) in [6.07, 6.45) is 0. The molecule has 14 nitrogen and oxygen atoms in total. The van der Waals surface area contributed by atoms with Crippen molar-refractivity contribution in [2.24, 2.45) is 0 Å². The highest BCUT2D eigenvalue weighted by molar-refractivity contribution is 5.88. The van der Waals surface area contributed by atoms with Crippen LogP contribution in [-0.4, -0.2) is 76.0 Å². The van der Waals surface area contributed by atoms with Crippen LogP contribution in [-0.2, 0) is 9.47 Å². The minimum absolute atomic E-state index is 0.111. The molecular weight excluding hydrogens is 400 g/mol. The third-order valence-electron chi connectivity index (χ3n) is 3.81. The summed E-state index contributed by atoms with van der Waals surface area (Å²) in [4.78, 5) is 30.5. The third-order valence-corrected chi connectivity index (χ3v) is 3.81. The first kappa shape index (κ1) is 20.4. The van der Waals surface area contributed by atoms with Crippen molar-refractivity contribution in [3.05, 3.63) is 34.9 Å². The molecule has 2 N–H and O–H groups in total. The van der Waals surface area contributed by atoms with Gasteiger partial charge in [0.2, 0.25) is 11.3 Å². The Bertz CT molecular complexity index is 1260. The lowest BCUT2D eigenvalue weighted by Crippen LogP contribution is -2.10. The van der Waals surface area contributed by atoms with E-state index in [2.05, 4.69) is 40.1 Å². The van der Waals surface area contributed by atoms with Crippen molar-refractivity contribution in [1.29, 1.82) is 0 Å². The molecule has 0 saturated heterocycles. The number of nitrogens with zero attached hydrogens (tertiary/aromatic N) is 8. The molecule has 0 aliphatic heterocycles. The SMILES string of the molecule is COC(=O)c1cc(C)n2nnc(O)c2n1.COC(=O)c1cc(C)nc2c(O)nnn12. The number of carbonyl (C=O) groups is 2. The van der Waals surface area contributed by atoms with E-state index in [4.69, 9.17) is 0 Å². The van der Waals surface area contributed by atoms with Crippen LogP contribution in [0.2, 0.25) is 0 Å². The predicted molar refractivity (Wildman–Crippen MR) is 97.0 cm³/mol. The molecule has 0 unspecified atom stereocenters. The Balaban J connectivity index is 0.000000171. The van der Waals surface area contributed by atoms with Gasteiger partial charge in [-0.3, -0.25) is 0 Å². The molecule has 156 valence electrons. The van der Waals surface area contributed by atoms with E-state index in [1.165, 1.54) is 30.9 Å². The average molecular weight is 416 g/mol. The molecule has 0 atom stereocenters. The van der Waals surface area contributed by atoms with E-state index in [0.29, 0.717) is 11.4 Å². The summed E-state index contributed by atoms with van der Waals surface area (Å²) in [6, 6.07) is 3.01. The van der Waals surface area contributed by atoms with Crippen molar-refractivity contribution >= 4 is 23.2 Å². The maximum absolute atomic E-state index is 11.4. The highest BCUT2D eigenvalue weighted by atomic mass is 16.5. The number of methoxy groups -OCH3 is 2. The van der Waals surface area contributed by atoms with Gasteiger partial charge in [-0.05, 0) is 26.0 Å². The van der Waals surface area contributed by atoms with Gasteiger partial charge in [0.05, 0.1) is 14.2 Å². The largest absolute Gasteiger partial charge is 0.489 e. The van der Waals surface area contributed by atoms with Gasteiger partial charge >= 0.3 is 11.9 Å². The van der Waals surface area contributed by atoms with Crippen molar-refractivity contribution in [2.45, 2.75) is 13.8 Å². The molecular formula is C16H16N8O6. The van der Waals surface area contributed by atoms with Gasteiger partial charge in [0.15, 0.2) is 11.4 Å². The number of esters is 2. The summed E-state index contributed by atoms with van der Waals surface area (Å²) in [6.45, 7) is 3.41. The Labute approximate surface area is 167 Å². The van der Waals surface area contributed by atoms with Gasteiger partial charge in [0.1, 0.15) is 0 Å². The molecule has 4 heterocycles. The van der Waals surface area contributed by atoms with Crippen LogP contribution in [0.4, 0.5) is 0 Å². The first-order valence-electron chi connectivity index (χ1n) is 8.27. The maximum atomic E-state index is 11.4. The maximum Gasteiger partial charge on any atom is 0.356 e. The number of rotatable bonds is 2. The van der Waals surface area contributed by atoms with Gasteiger partial charge in [0, 0.05) is 11.4 Å². The molecule has 0 fully saturated rings. The van der Waals surface area contributed by atoms with Gasteiger partial charge < -0.3 is 19.7 Å². The zero-order chi connectivity index (χ0) is 22.0. The molecule has 0 saturated carbocycles. The van der Waals surface area contributed by atoms with Crippen LogP contribution in [0.25, 0.3) is 11.3 Å². The molecule has 4 aromatic rings. The van der Waals surface area contributed by atoms with E-state index >= 15 is 0 Å². The Hall–Kier alpha value is -4.36. The second kappa shape index (κ2) is 7.94. The lowest BCUT2D eigenvalue weighted by atomic mass is 10.3. The van der Waals surface area contributed by atoms with E-state index in [9.17, 15) is 19.8 Å². The third kappa shape index (κ3) is 3.65. The zero-order valence-electron chi connectivity index (χ0n) is 16.3. The number of aromatic nitrogens is 8. The minimum Gasteiger partial charge on any atom is -0.489 e. The quantitative estimate of drug-likeness (QED) is 0.413. The van der Waals surface area contributed by atoms with Crippen molar-refractivity contribution in [3.8, 4) is 11.8 Å². The van der Waals surface area contributed by atoms with Gasteiger partial charge in [-0.25, -0.2) is 19.6 Å². The lowest BCUT2D eigenvalue weighted by molar-refractivity contribution is 0.0583. The van der Waals surface area contributed by atoms with Crippen molar-refractivity contribution in [1.82, 2.24) is 39.6 Å². The highest BCUT2D eigenvalue weighted by Crippen LogP contribution is 2.15. The molecule has 0 bridgehead atoms. The van der Waals surface area contributed by atoms with Gasteiger partial charge in [-0.2, -0.15) is 9.03 Å². The highest BCUT2D eigenvalue weighted by Gasteiger charge is 2.17. The smallest absolute Gasteiger partial charge is 0.356 e. The zero-order valence-corrected chi connectivity index (χ0v) is 16.3. The fourth-order valence-corrected chi connectivity index (χ4v) is 2.46. The summed E-state index contributed by atoms with van der Waals surface area (Å²) < 4.78 is 11.6. The lowest BCUT2D eigenvalue weighted by Gasteiger charge is -2.02. The number of fused-ring (bicyclic) bond motifs is 2. The van der Waals surface area contributed by atoms with Gasteiger partial charge in [-0.1, -0.05) is 20.6 Å². The van der Waals surface area contributed by atoms with Gasteiger partial charge in [-0.15, -0.1) is 0 Å². The van der Waals surface area contributed by atoms with E-state index < -0.39 is 11.9 Å². The van der Waals surface area contributed by atoms with Crippen LogP contribution in [0.5, 0.6) is 11.8 Å². The van der Waals surface area contributed by atoms with E-state index in [-0.39, 0.29) is 34.4 Å². The fraction of sp³-hybridized carbons (Fsp3) is 0.250. The second-order valence-corrected chi connectivity index (χ2v) is 5.85. The predicted octanol–water partition coefficient (Wildman–Crippen LogP) is -0.150. The van der Waals surface area contributed by atoms with Crippen LogP contribution < -0.4 is 0 Å². The van der Waals surface area contributed by atoms with Crippen molar-refractivity contribution < 1.29 is 29.3 Å². The molecule has 14 heteroatoms. The molecule has 4 aromatic heterocycles. The number of aryl methyl sites for hydroxylation is 2. The Morgan fingerprint density at radius 3 is 2.03 bits per heavy atom. The number of ether oxygens (including phenoxy) is 2. The first-order valence-corrected chi connectivity index (χ1v) is 8.27. The van der Waals surface area contributed by atoms with Crippen molar-refractivity contribution in [3.63, 3.8) is 0 Å². The standard InChI is InChI=1S/2C8H8N4O3/c1-4-3-5(8(14)15-2)9-6-7(13)10-11-12(4)6;1-4-3-5(8(14)15-2)12-6(9-4)7(13)10-11-12/h2*3,13H,1-2H3. The summed E-state index contributed by atoms with van der Waals surface area (Å²) in [5, 5.41) is 32.7. The minimum atomic E-state index is -0.568. The first-order chi connectivity index (χ1) is 14.3. The van der Waals surface area contributed by atoms with Gasteiger partial charge in [0.25, 0.3) is 11.8 Å². The van der Waals surface area contributed by atoms with E-state index in [1.54, 1.807) is 13.8 Å². The number of hydrogen-bond acceptors (Lipinski definition) is 12. The van der Waals surface area contributed by atoms with Crippen LogP contribution in [0, 0.1) is 13.8 Å². The van der Waals surface area contributed by atoms with E-state index in [0.717, 1.165) is 4.52 Å². The molecule has 30 heavy (non-hydrogen) atoms. The molecule has 4 rings (SSSR count). The van der Waals surface area contributed by atoms with Crippen LogP contribution in [0.15, 0.2) is 12.1 Å². The Morgan fingerprint density at radius 2 is 1.43 bits per heavy atom. The fourth-order valence-electron chi connectivity index (χ4n) is 2.46. The molecule has 0 aliphatic rings. The summed E-state index contributed by atoms with van der Waals surface area (Å²) in [5.74, 6) is -1.76. The summed E-state index contributed by atoms with van der Waals surface area (Å²) in [5.41, 5.74) is 1.76. The van der Waals surface area contributed by atoms with Crippen LogP contribution in [0.1, 0.15) is 32.4 Å². The summed E-state index contributed by atoms with van der Waals surface area (Å²) >= 11 is 0. The number of carbonyl (C=O) groups excluding carboxylic acids is 2. The Morgan fingerprint density at radius 1 is 0.867 bits per heavy atom. The van der Waals surface area contributed by atoms with Crippen LogP contribution in [0.3, 0.4) is 0 Å². The Kier molecular flexibility index (Phi) is 5.39. The molecule has 0 spiro atoms.